The molecule has 1 heterocycles. The average molecular weight is 357 g/mol. The summed E-state index contributed by atoms with van der Waals surface area (Å²) in [7, 11) is 1.94. The normalized spacial score (nSPS) is 13.6. The van der Waals surface area contributed by atoms with Crippen LogP contribution in [0.1, 0.15) is 59.9 Å². The Balaban J connectivity index is 1.92. The van der Waals surface area contributed by atoms with Crippen molar-refractivity contribution in [2.24, 2.45) is 12.8 Å². The largest absolute Gasteiger partial charge is 0.394 e. The van der Waals surface area contributed by atoms with Crippen molar-refractivity contribution in [1.29, 1.82) is 0 Å². The molecule has 4 heteroatoms. The molecule has 1 aromatic heterocycles. The molecule has 0 saturated heterocycles. The van der Waals surface area contributed by atoms with Crippen molar-refractivity contribution in [1.82, 2.24) is 4.57 Å². The predicted octanol–water partition coefficient (Wildman–Crippen LogP) is 3.57. The zero-order valence-corrected chi connectivity index (χ0v) is 16.3. The summed E-state index contributed by atoms with van der Waals surface area (Å²) in [6.07, 6.45) is 4.54. The number of aromatic nitrogens is 1. The fourth-order valence-corrected chi connectivity index (χ4v) is 3.29. The Labute approximate surface area is 157 Å². The second-order valence-electron chi connectivity index (χ2n) is 7.35. The van der Waals surface area contributed by atoms with E-state index in [1.807, 2.05) is 42.8 Å². The van der Waals surface area contributed by atoms with Gasteiger partial charge in [0.25, 0.3) is 0 Å². The van der Waals surface area contributed by atoms with Crippen LogP contribution in [0.15, 0.2) is 36.4 Å². The van der Waals surface area contributed by atoms with E-state index in [2.05, 4.69) is 19.1 Å². The molecular formula is C22H32N2O2. The predicted molar refractivity (Wildman–Crippen MR) is 106 cm³/mol. The van der Waals surface area contributed by atoms with Gasteiger partial charge in [0.2, 0.25) is 0 Å². The first-order chi connectivity index (χ1) is 12.4. The van der Waals surface area contributed by atoms with E-state index >= 15 is 0 Å². The first kappa shape index (κ1) is 20.4. The van der Waals surface area contributed by atoms with Gasteiger partial charge in [0, 0.05) is 24.7 Å². The van der Waals surface area contributed by atoms with E-state index in [-0.39, 0.29) is 12.4 Å². The van der Waals surface area contributed by atoms with Crippen LogP contribution in [-0.4, -0.2) is 27.6 Å². The second-order valence-corrected chi connectivity index (χ2v) is 7.35. The minimum Gasteiger partial charge on any atom is -0.394 e. The van der Waals surface area contributed by atoms with Gasteiger partial charge in [0.05, 0.1) is 12.3 Å². The quantitative estimate of drug-likeness (QED) is 0.640. The highest BCUT2D eigenvalue weighted by Crippen LogP contribution is 2.18. The number of nitrogens with two attached hydrogens (primary N) is 1. The number of aryl methyl sites for hydroxylation is 3. The molecule has 0 spiro atoms. The van der Waals surface area contributed by atoms with Gasteiger partial charge in [-0.25, -0.2) is 0 Å². The first-order valence-corrected chi connectivity index (χ1v) is 9.52. The van der Waals surface area contributed by atoms with Gasteiger partial charge in [-0.3, -0.25) is 4.79 Å². The number of hydrogen-bond acceptors (Lipinski definition) is 3. The third-order valence-corrected chi connectivity index (χ3v) is 5.52. The topological polar surface area (TPSA) is 68.2 Å². The molecule has 0 radical (unpaired) electrons. The van der Waals surface area contributed by atoms with Gasteiger partial charge < -0.3 is 15.4 Å². The van der Waals surface area contributed by atoms with Gasteiger partial charge >= 0.3 is 0 Å². The highest BCUT2D eigenvalue weighted by atomic mass is 16.3. The maximum Gasteiger partial charge on any atom is 0.179 e. The second kappa shape index (κ2) is 9.15. The Bertz CT molecular complexity index is 729. The SMILES string of the molecule is CCC(N)(CO)CCc1ccc(C(=O)CCCc2ccccc2C)n1C. The third-order valence-electron chi connectivity index (χ3n) is 5.52. The Kier molecular flexibility index (Phi) is 7.18. The lowest BCUT2D eigenvalue weighted by Crippen LogP contribution is -2.43. The lowest BCUT2D eigenvalue weighted by atomic mass is 9.92. The number of carbonyl (C=O) groups excluding carboxylic acids is 1. The summed E-state index contributed by atoms with van der Waals surface area (Å²) in [5.74, 6) is 0.184. The Hall–Kier alpha value is -1.91. The molecule has 26 heavy (non-hydrogen) atoms. The molecule has 1 aromatic carbocycles. The summed E-state index contributed by atoms with van der Waals surface area (Å²) in [5, 5.41) is 9.45. The van der Waals surface area contributed by atoms with Crippen LogP contribution in [0.2, 0.25) is 0 Å². The number of benzene rings is 1. The van der Waals surface area contributed by atoms with Gasteiger partial charge in [-0.05, 0) is 62.3 Å². The van der Waals surface area contributed by atoms with Gasteiger partial charge in [0.1, 0.15) is 0 Å². The third kappa shape index (κ3) is 5.05. The fourth-order valence-electron chi connectivity index (χ4n) is 3.29. The molecular weight excluding hydrogens is 324 g/mol. The summed E-state index contributed by atoms with van der Waals surface area (Å²) >= 11 is 0. The fraction of sp³-hybridized carbons (Fsp3) is 0.500. The molecule has 1 atom stereocenters. The van der Waals surface area contributed by atoms with E-state index in [0.717, 1.165) is 37.1 Å². The number of rotatable bonds is 10. The molecule has 0 aliphatic carbocycles. The summed E-state index contributed by atoms with van der Waals surface area (Å²) in [6.45, 7) is 4.09. The van der Waals surface area contributed by atoms with Gasteiger partial charge in [-0.2, -0.15) is 0 Å². The van der Waals surface area contributed by atoms with Crippen molar-refractivity contribution in [2.45, 2.75) is 57.9 Å². The number of aliphatic hydroxyl groups excluding tert-OH is 1. The molecule has 4 nitrogen and oxygen atoms in total. The minimum absolute atomic E-state index is 0.0153. The zero-order valence-electron chi connectivity index (χ0n) is 16.3. The van der Waals surface area contributed by atoms with Crippen molar-refractivity contribution >= 4 is 5.78 Å². The van der Waals surface area contributed by atoms with Crippen LogP contribution in [0, 0.1) is 6.92 Å². The Morgan fingerprint density at radius 3 is 2.58 bits per heavy atom. The van der Waals surface area contributed by atoms with E-state index in [1.54, 1.807) is 0 Å². The van der Waals surface area contributed by atoms with Crippen LogP contribution >= 0.6 is 0 Å². The Morgan fingerprint density at radius 1 is 1.19 bits per heavy atom. The van der Waals surface area contributed by atoms with Crippen molar-refractivity contribution in [3.05, 3.63) is 58.9 Å². The van der Waals surface area contributed by atoms with Crippen molar-refractivity contribution in [2.75, 3.05) is 6.61 Å². The molecule has 3 N–H and O–H groups in total. The van der Waals surface area contributed by atoms with Gasteiger partial charge in [-0.15, -0.1) is 0 Å². The number of Topliss-reactive ketones (excluding diaryl/α,β-unsaturated/α-hetero) is 1. The molecule has 0 saturated carbocycles. The lowest BCUT2D eigenvalue weighted by molar-refractivity contribution is 0.0972. The highest BCUT2D eigenvalue weighted by Gasteiger charge is 2.22. The molecule has 2 rings (SSSR count). The molecule has 142 valence electrons. The first-order valence-electron chi connectivity index (χ1n) is 9.52. The lowest BCUT2D eigenvalue weighted by Gasteiger charge is -2.25. The van der Waals surface area contributed by atoms with Crippen molar-refractivity contribution < 1.29 is 9.90 Å². The summed E-state index contributed by atoms with van der Waals surface area (Å²) in [5.41, 5.74) is 10.1. The molecule has 0 bridgehead atoms. The van der Waals surface area contributed by atoms with E-state index in [0.29, 0.717) is 12.8 Å². The van der Waals surface area contributed by atoms with Crippen LogP contribution < -0.4 is 5.73 Å². The molecule has 0 fully saturated rings. The Morgan fingerprint density at radius 2 is 1.92 bits per heavy atom. The summed E-state index contributed by atoms with van der Waals surface area (Å²) < 4.78 is 1.98. The number of hydrogen-bond donors (Lipinski definition) is 2. The standard InChI is InChI=1S/C22H32N2O2/c1-4-22(23,16-25)15-14-19-12-13-20(24(19)3)21(26)11-7-10-18-9-6-5-8-17(18)2/h5-6,8-9,12-13,25H,4,7,10-11,14-16,23H2,1-3H3. The van der Waals surface area contributed by atoms with Crippen LogP contribution in [0.4, 0.5) is 0 Å². The van der Waals surface area contributed by atoms with Crippen LogP contribution in [0.5, 0.6) is 0 Å². The zero-order chi connectivity index (χ0) is 19.2. The average Bonchev–Trinajstić information content (AvgIpc) is 3.02. The maximum atomic E-state index is 12.6. The summed E-state index contributed by atoms with van der Waals surface area (Å²) in [6, 6.07) is 12.3. The number of ketones is 1. The van der Waals surface area contributed by atoms with Crippen molar-refractivity contribution in [3.63, 3.8) is 0 Å². The van der Waals surface area contributed by atoms with E-state index in [9.17, 15) is 9.90 Å². The van der Waals surface area contributed by atoms with E-state index < -0.39 is 5.54 Å². The number of aliphatic hydroxyl groups is 1. The molecule has 2 aromatic rings. The number of nitrogens with zero attached hydrogens (tertiary/aromatic N) is 1. The van der Waals surface area contributed by atoms with Gasteiger partial charge in [0.15, 0.2) is 5.78 Å². The van der Waals surface area contributed by atoms with Crippen molar-refractivity contribution in [3.8, 4) is 0 Å². The number of carbonyl (C=O) groups is 1. The van der Waals surface area contributed by atoms with Gasteiger partial charge in [-0.1, -0.05) is 31.2 Å². The summed E-state index contributed by atoms with van der Waals surface area (Å²) in [4.78, 5) is 12.6. The smallest absolute Gasteiger partial charge is 0.179 e. The molecule has 0 aliphatic heterocycles. The maximum absolute atomic E-state index is 12.6. The van der Waals surface area contributed by atoms with Crippen LogP contribution in [0.3, 0.4) is 0 Å². The molecule has 0 aliphatic rings. The van der Waals surface area contributed by atoms with E-state index in [1.165, 1.54) is 11.1 Å². The monoisotopic (exact) mass is 356 g/mol. The minimum atomic E-state index is -0.540. The van der Waals surface area contributed by atoms with Crippen LogP contribution in [0.25, 0.3) is 0 Å². The highest BCUT2D eigenvalue weighted by molar-refractivity contribution is 5.94. The van der Waals surface area contributed by atoms with E-state index in [4.69, 9.17) is 5.73 Å². The molecule has 0 amide bonds. The molecule has 1 unspecified atom stereocenters. The van der Waals surface area contributed by atoms with Crippen LogP contribution in [-0.2, 0) is 19.9 Å².